The van der Waals surface area contributed by atoms with Crippen molar-refractivity contribution in [1.82, 2.24) is 14.8 Å². The molecule has 0 bridgehead atoms. The highest BCUT2D eigenvalue weighted by atomic mass is 16.3. The Morgan fingerprint density at radius 3 is 2.38 bits per heavy atom. The van der Waals surface area contributed by atoms with Gasteiger partial charge in [0.05, 0.1) is 12.2 Å². The molecule has 1 aromatic heterocycles. The van der Waals surface area contributed by atoms with Gasteiger partial charge >= 0.3 is 0 Å². The zero-order valence-electron chi connectivity index (χ0n) is 21.0. The summed E-state index contributed by atoms with van der Waals surface area (Å²) in [5, 5.41) is 8.04. The van der Waals surface area contributed by atoms with Crippen LogP contribution in [0.15, 0.2) is 52.4 Å². The maximum absolute atomic E-state index is 13.0. The summed E-state index contributed by atoms with van der Waals surface area (Å²) < 4.78 is 1.84. The second-order valence-corrected chi connectivity index (χ2v) is 10.3. The number of aromatic nitrogens is 1. The van der Waals surface area contributed by atoms with Crippen LogP contribution in [0.5, 0.6) is 0 Å². The molecular weight excluding hydrogens is 424 g/mol. The number of fused-ring (bicyclic) bond motifs is 1. The first kappa shape index (κ1) is 24.3. The zero-order chi connectivity index (χ0) is 24.5. The minimum atomic E-state index is -0.835. The minimum Gasteiger partial charge on any atom is -0.310 e. The fraction of sp³-hybridized carbons (Fsp3) is 0.464. The van der Waals surface area contributed by atoms with Crippen molar-refractivity contribution in [2.75, 3.05) is 13.1 Å². The predicted octanol–water partition coefficient (Wildman–Crippen LogP) is 5.14. The summed E-state index contributed by atoms with van der Waals surface area (Å²) in [6.07, 6.45) is 2.10. The van der Waals surface area contributed by atoms with Gasteiger partial charge < -0.3 is 5.32 Å². The van der Waals surface area contributed by atoms with Crippen molar-refractivity contribution in [2.24, 2.45) is 5.18 Å². The molecular formula is C28H36N4O2. The van der Waals surface area contributed by atoms with Gasteiger partial charge in [0.2, 0.25) is 0 Å². The summed E-state index contributed by atoms with van der Waals surface area (Å²) in [5.41, 5.74) is 5.79. The number of nitrogens with zero attached hydrogens (tertiary/aromatic N) is 3. The summed E-state index contributed by atoms with van der Waals surface area (Å²) in [7, 11) is 0. The normalized spacial score (nSPS) is 15.7. The smallest absolute Gasteiger partial charge is 0.252 e. The number of benzene rings is 2. The average molecular weight is 461 g/mol. The average Bonchev–Trinajstić information content (AvgIpc) is 2.83. The lowest BCUT2D eigenvalue weighted by Gasteiger charge is -2.33. The van der Waals surface area contributed by atoms with Crippen LogP contribution in [0.2, 0.25) is 0 Å². The van der Waals surface area contributed by atoms with Crippen molar-refractivity contribution in [3.63, 3.8) is 0 Å². The van der Waals surface area contributed by atoms with Gasteiger partial charge in [0, 0.05) is 37.1 Å². The molecule has 6 nitrogen and oxygen atoms in total. The maximum atomic E-state index is 13.0. The van der Waals surface area contributed by atoms with Crippen LogP contribution in [0.4, 0.5) is 0 Å². The van der Waals surface area contributed by atoms with Crippen LogP contribution < -0.4 is 10.9 Å². The van der Waals surface area contributed by atoms with Gasteiger partial charge in [0.1, 0.15) is 5.54 Å². The summed E-state index contributed by atoms with van der Waals surface area (Å²) in [5.74, 6) is 0. The molecule has 1 aliphatic heterocycles. The fourth-order valence-electron chi connectivity index (χ4n) is 4.78. The number of nitrogens with one attached hydrogen (secondary N) is 1. The number of pyridine rings is 1. The molecule has 34 heavy (non-hydrogen) atoms. The first-order chi connectivity index (χ1) is 16.2. The standard InChI is InChI=1S/C28H36N4O2/c1-19-6-7-22(14-20(19)2)17-29-24-10-12-31(13-11-24)18-32-26-16-23(28(4,5)30-34)8-9-25(26)21(3)15-27(32)33/h6-9,14-16,24,29H,10-13,17-18H2,1-5H3. The van der Waals surface area contributed by atoms with Crippen molar-refractivity contribution >= 4 is 10.9 Å². The summed E-state index contributed by atoms with van der Waals surface area (Å²) in [4.78, 5) is 26.7. The Hall–Kier alpha value is -2.83. The third-order valence-corrected chi connectivity index (χ3v) is 7.35. The van der Waals surface area contributed by atoms with Gasteiger partial charge in [-0.25, -0.2) is 0 Å². The van der Waals surface area contributed by atoms with Crippen LogP contribution in [0, 0.1) is 25.7 Å². The molecule has 0 atom stereocenters. The van der Waals surface area contributed by atoms with E-state index in [1.165, 1.54) is 16.7 Å². The van der Waals surface area contributed by atoms with Crippen LogP contribution >= 0.6 is 0 Å². The number of aryl methyl sites for hydroxylation is 3. The van der Waals surface area contributed by atoms with Gasteiger partial charge in [-0.2, -0.15) is 0 Å². The molecule has 0 spiro atoms. The van der Waals surface area contributed by atoms with Crippen LogP contribution in [-0.4, -0.2) is 28.6 Å². The lowest BCUT2D eigenvalue weighted by atomic mass is 9.93. The van der Waals surface area contributed by atoms with E-state index in [1.807, 2.05) is 29.7 Å². The topological polar surface area (TPSA) is 66.7 Å². The molecule has 180 valence electrons. The second-order valence-electron chi connectivity index (χ2n) is 10.3. The van der Waals surface area contributed by atoms with Gasteiger partial charge in [0.25, 0.3) is 5.56 Å². The van der Waals surface area contributed by atoms with Gasteiger partial charge in [-0.15, -0.1) is 4.91 Å². The largest absolute Gasteiger partial charge is 0.310 e. The summed E-state index contributed by atoms with van der Waals surface area (Å²) >= 11 is 0. The number of rotatable bonds is 7. The monoisotopic (exact) mass is 460 g/mol. The Balaban J connectivity index is 1.46. The summed E-state index contributed by atoms with van der Waals surface area (Å²) in [6.45, 7) is 13.2. The number of likely N-dealkylation sites (tertiary alicyclic amines) is 1. The van der Waals surface area contributed by atoms with Crippen LogP contribution in [-0.2, 0) is 18.8 Å². The molecule has 3 aromatic rings. The Bertz CT molecular complexity index is 1250. The maximum Gasteiger partial charge on any atom is 0.252 e. The predicted molar refractivity (Wildman–Crippen MR) is 139 cm³/mol. The Labute approximate surface area is 202 Å². The van der Waals surface area contributed by atoms with E-state index in [9.17, 15) is 9.70 Å². The highest BCUT2D eigenvalue weighted by Gasteiger charge is 2.24. The molecule has 0 saturated carbocycles. The van der Waals surface area contributed by atoms with Gasteiger partial charge in [-0.05, 0) is 81.3 Å². The molecule has 6 heteroatoms. The van der Waals surface area contributed by atoms with Crippen LogP contribution in [0.3, 0.4) is 0 Å². The summed E-state index contributed by atoms with van der Waals surface area (Å²) in [6, 6.07) is 14.8. The molecule has 0 radical (unpaired) electrons. The van der Waals surface area contributed by atoms with Crippen molar-refractivity contribution < 1.29 is 0 Å². The van der Waals surface area contributed by atoms with E-state index in [2.05, 4.69) is 47.4 Å². The lowest BCUT2D eigenvalue weighted by Crippen LogP contribution is -2.44. The Kier molecular flexibility index (Phi) is 7.01. The number of nitroso groups, excluding NO2 is 1. The van der Waals surface area contributed by atoms with Crippen molar-refractivity contribution in [1.29, 1.82) is 0 Å². The van der Waals surface area contributed by atoms with E-state index in [1.54, 1.807) is 19.9 Å². The molecule has 1 N–H and O–H groups in total. The molecule has 0 unspecified atom stereocenters. The first-order valence-corrected chi connectivity index (χ1v) is 12.2. The fourth-order valence-corrected chi connectivity index (χ4v) is 4.78. The van der Waals surface area contributed by atoms with Gasteiger partial charge in [-0.1, -0.05) is 35.5 Å². The minimum absolute atomic E-state index is 0.00555. The highest BCUT2D eigenvalue weighted by molar-refractivity contribution is 5.83. The third-order valence-electron chi connectivity index (χ3n) is 7.35. The van der Waals surface area contributed by atoms with Crippen molar-refractivity contribution in [2.45, 2.75) is 72.3 Å². The Morgan fingerprint density at radius 1 is 0.971 bits per heavy atom. The first-order valence-electron chi connectivity index (χ1n) is 12.2. The van der Waals surface area contributed by atoms with Crippen molar-refractivity contribution in [3.8, 4) is 0 Å². The third kappa shape index (κ3) is 5.13. The van der Waals surface area contributed by atoms with E-state index in [-0.39, 0.29) is 5.56 Å². The lowest BCUT2D eigenvalue weighted by molar-refractivity contribution is 0.159. The Morgan fingerprint density at radius 2 is 1.71 bits per heavy atom. The number of hydrogen-bond donors (Lipinski definition) is 1. The van der Waals surface area contributed by atoms with Gasteiger partial charge in [-0.3, -0.25) is 14.3 Å². The molecule has 1 fully saturated rings. The molecule has 2 aromatic carbocycles. The molecule has 1 saturated heterocycles. The van der Waals surface area contributed by atoms with E-state index >= 15 is 0 Å². The molecule has 0 amide bonds. The quantitative estimate of drug-likeness (QED) is 0.496. The SMILES string of the molecule is Cc1ccc(CNC2CCN(Cn3c(=O)cc(C)c4ccc(C(C)(C)N=O)cc43)CC2)cc1C. The van der Waals surface area contributed by atoms with E-state index < -0.39 is 5.54 Å². The van der Waals surface area contributed by atoms with Gasteiger partial charge in [0.15, 0.2) is 0 Å². The number of hydrogen-bond acceptors (Lipinski definition) is 5. The molecule has 1 aliphatic rings. The van der Waals surface area contributed by atoms with Crippen molar-refractivity contribution in [3.05, 3.63) is 85.5 Å². The van der Waals surface area contributed by atoms with Crippen LogP contribution in [0.25, 0.3) is 10.9 Å². The molecule has 4 rings (SSSR count). The van der Waals surface area contributed by atoms with E-state index in [0.29, 0.717) is 12.7 Å². The van der Waals surface area contributed by atoms with E-state index in [0.717, 1.165) is 54.5 Å². The zero-order valence-corrected chi connectivity index (χ0v) is 21.0. The second kappa shape index (κ2) is 9.80. The number of piperidine rings is 1. The van der Waals surface area contributed by atoms with E-state index in [4.69, 9.17) is 0 Å². The van der Waals surface area contributed by atoms with Crippen LogP contribution in [0.1, 0.15) is 54.5 Å². The highest BCUT2D eigenvalue weighted by Crippen LogP contribution is 2.28. The molecule has 0 aliphatic carbocycles. The molecule has 2 heterocycles.